The van der Waals surface area contributed by atoms with Gasteiger partial charge in [0.25, 0.3) is 0 Å². The Morgan fingerprint density at radius 2 is 2.14 bits per heavy atom. The molecule has 116 valence electrons. The van der Waals surface area contributed by atoms with Crippen LogP contribution in [-0.4, -0.2) is 47.0 Å². The first-order valence-corrected chi connectivity index (χ1v) is 6.28. The molecule has 0 amide bonds. The van der Waals surface area contributed by atoms with Crippen LogP contribution in [0.4, 0.5) is 19.0 Å². The number of aromatic carboxylic acids is 1. The van der Waals surface area contributed by atoms with Gasteiger partial charge < -0.3 is 14.7 Å². The van der Waals surface area contributed by atoms with E-state index < -0.39 is 30.4 Å². The van der Waals surface area contributed by atoms with Gasteiger partial charge in [-0.25, -0.2) is 9.78 Å². The average Bonchev–Trinajstić information content (AvgIpc) is 2.36. The summed E-state index contributed by atoms with van der Waals surface area (Å²) in [6.07, 6.45) is -6.42. The first-order valence-electron chi connectivity index (χ1n) is 6.28. The molecule has 1 aliphatic rings. The molecule has 1 N–H and O–H groups in total. The van der Waals surface area contributed by atoms with Crippen LogP contribution in [0.1, 0.15) is 24.3 Å². The minimum Gasteiger partial charge on any atom is -0.477 e. The summed E-state index contributed by atoms with van der Waals surface area (Å²) in [7, 11) is 0. The number of rotatable bonds is 2. The van der Waals surface area contributed by atoms with Gasteiger partial charge in [-0.15, -0.1) is 0 Å². The first kappa shape index (κ1) is 15.6. The molecule has 1 aliphatic heterocycles. The van der Waals surface area contributed by atoms with E-state index in [1.165, 1.54) is 23.1 Å². The average molecular weight is 304 g/mol. The van der Waals surface area contributed by atoms with E-state index in [4.69, 9.17) is 9.84 Å². The Kier molecular flexibility index (Phi) is 3.83. The molecule has 1 saturated heterocycles. The molecule has 8 heteroatoms. The molecule has 0 aromatic carbocycles. The van der Waals surface area contributed by atoms with E-state index in [2.05, 4.69) is 4.98 Å². The highest BCUT2D eigenvalue weighted by atomic mass is 19.4. The van der Waals surface area contributed by atoms with Crippen LogP contribution in [0, 0.1) is 0 Å². The van der Waals surface area contributed by atoms with Gasteiger partial charge in [0.2, 0.25) is 0 Å². The molecule has 21 heavy (non-hydrogen) atoms. The number of hydrogen-bond donors (Lipinski definition) is 1. The number of alkyl halides is 3. The van der Waals surface area contributed by atoms with Crippen LogP contribution in [0.15, 0.2) is 18.2 Å². The van der Waals surface area contributed by atoms with Crippen molar-refractivity contribution in [2.45, 2.75) is 31.7 Å². The molecular weight excluding hydrogens is 289 g/mol. The monoisotopic (exact) mass is 304 g/mol. The molecule has 0 radical (unpaired) electrons. The highest BCUT2D eigenvalue weighted by molar-refractivity contribution is 5.85. The number of hydrogen-bond acceptors (Lipinski definition) is 4. The van der Waals surface area contributed by atoms with Gasteiger partial charge in [0, 0.05) is 6.54 Å². The molecule has 0 bridgehead atoms. The fraction of sp³-hybridized carbons (Fsp3) is 0.538. The highest BCUT2D eigenvalue weighted by Crippen LogP contribution is 2.33. The standard InChI is InChI=1S/C13H15F3N2O3/c1-12(2)7-18(6-9(21-12)13(14,15)16)10-5-3-4-8(17-10)11(19)20/h3-5,9H,6-7H2,1-2H3,(H,19,20)/t9-/m0/s1. The lowest BCUT2D eigenvalue weighted by atomic mass is 10.0. The number of carboxylic acids is 1. The van der Waals surface area contributed by atoms with Crippen molar-refractivity contribution in [3.63, 3.8) is 0 Å². The maximum atomic E-state index is 12.9. The summed E-state index contributed by atoms with van der Waals surface area (Å²) in [5.41, 5.74) is -1.22. The zero-order valence-electron chi connectivity index (χ0n) is 11.5. The van der Waals surface area contributed by atoms with Crippen LogP contribution in [0.5, 0.6) is 0 Å². The lowest BCUT2D eigenvalue weighted by Gasteiger charge is -2.43. The largest absolute Gasteiger partial charge is 0.477 e. The predicted octanol–water partition coefficient (Wildman–Crippen LogP) is 2.33. The summed E-state index contributed by atoms with van der Waals surface area (Å²) in [6, 6.07) is 4.23. The number of pyridine rings is 1. The van der Waals surface area contributed by atoms with Crippen LogP contribution in [-0.2, 0) is 4.74 Å². The third kappa shape index (κ3) is 3.63. The fourth-order valence-electron chi connectivity index (χ4n) is 2.25. The lowest BCUT2D eigenvalue weighted by Crippen LogP contribution is -2.57. The number of aromatic nitrogens is 1. The van der Waals surface area contributed by atoms with E-state index in [-0.39, 0.29) is 18.1 Å². The van der Waals surface area contributed by atoms with Crippen molar-refractivity contribution in [2.75, 3.05) is 18.0 Å². The quantitative estimate of drug-likeness (QED) is 0.908. The number of carboxylic acid groups (broad SMARTS) is 1. The van der Waals surface area contributed by atoms with E-state index >= 15 is 0 Å². The molecule has 2 heterocycles. The van der Waals surface area contributed by atoms with Crippen LogP contribution >= 0.6 is 0 Å². The van der Waals surface area contributed by atoms with Crippen molar-refractivity contribution >= 4 is 11.8 Å². The van der Waals surface area contributed by atoms with Gasteiger partial charge in [0.1, 0.15) is 5.82 Å². The summed E-state index contributed by atoms with van der Waals surface area (Å²) in [4.78, 5) is 16.2. The fourth-order valence-corrected chi connectivity index (χ4v) is 2.25. The van der Waals surface area contributed by atoms with Gasteiger partial charge in [-0.1, -0.05) is 6.07 Å². The SMILES string of the molecule is CC1(C)CN(c2cccc(C(=O)O)n2)C[C@@H](C(F)(F)F)O1. The van der Waals surface area contributed by atoms with Crippen molar-refractivity contribution in [1.82, 2.24) is 4.98 Å². The Morgan fingerprint density at radius 3 is 2.71 bits per heavy atom. The Bertz CT molecular complexity index is 546. The molecule has 0 spiro atoms. The van der Waals surface area contributed by atoms with E-state index in [9.17, 15) is 18.0 Å². The van der Waals surface area contributed by atoms with E-state index in [1.807, 2.05) is 0 Å². The van der Waals surface area contributed by atoms with Gasteiger partial charge in [0.05, 0.1) is 12.1 Å². The Labute approximate surface area is 119 Å². The van der Waals surface area contributed by atoms with Crippen LogP contribution in [0.25, 0.3) is 0 Å². The van der Waals surface area contributed by atoms with Crippen LogP contribution in [0.3, 0.4) is 0 Å². The number of morpholine rings is 1. The number of ether oxygens (including phenoxy) is 1. The highest BCUT2D eigenvalue weighted by Gasteiger charge is 2.48. The van der Waals surface area contributed by atoms with Gasteiger partial charge in [-0.2, -0.15) is 13.2 Å². The maximum absolute atomic E-state index is 12.9. The van der Waals surface area contributed by atoms with Crippen molar-refractivity contribution < 1.29 is 27.8 Å². The molecule has 2 rings (SSSR count). The summed E-state index contributed by atoms with van der Waals surface area (Å²) in [5, 5.41) is 8.91. The molecule has 5 nitrogen and oxygen atoms in total. The molecule has 1 fully saturated rings. The lowest BCUT2D eigenvalue weighted by molar-refractivity contribution is -0.251. The van der Waals surface area contributed by atoms with Crippen LogP contribution < -0.4 is 4.90 Å². The second kappa shape index (κ2) is 5.18. The van der Waals surface area contributed by atoms with Crippen molar-refractivity contribution in [3.05, 3.63) is 23.9 Å². The molecule has 1 aromatic heterocycles. The Hall–Kier alpha value is -1.83. The van der Waals surface area contributed by atoms with Gasteiger partial charge in [0.15, 0.2) is 11.8 Å². The maximum Gasteiger partial charge on any atom is 0.416 e. The summed E-state index contributed by atoms with van der Waals surface area (Å²) < 4.78 is 43.8. The summed E-state index contributed by atoms with van der Waals surface area (Å²) in [6.45, 7) is 2.89. The van der Waals surface area contributed by atoms with Gasteiger partial charge in [-0.05, 0) is 26.0 Å². The molecule has 1 atom stereocenters. The number of carbonyl (C=O) groups is 1. The van der Waals surface area contributed by atoms with E-state index in [0.717, 1.165) is 0 Å². The van der Waals surface area contributed by atoms with E-state index in [0.29, 0.717) is 0 Å². The number of anilines is 1. The Morgan fingerprint density at radius 1 is 1.48 bits per heavy atom. The summed E-state index contributed by atoms with van der Waals surface area (Å²) >= 11 is 0. The van der Waals surface area contributed by atoms with Gasteiger partial charge >= 0.3 is 12.1 Å². The van der Waals surface area contributed by atoms with Gasteiger partial charge in [-0.3, -0.25) is 0 Å². The van der Waals surface area contributed by atoms with E-state index in [1.54, 1.807) is 13.8 Å². The van der Waals surface area contributed by atoms with Crippen molar-refractivity contribution in [2.24, 2.45) is 0 Å². The number of nitrogens with zero attached hydrogens (tertiary/aromatic N) is 2. The third-order valence-corrected chi connectivity index (χ3v) is 3.06. The molecule has 0 aliphatic carbocycles. The molecule has 0 saturated carbocycles. The minimum atomic E-state index is -4.49. The van der Waals surface area contributed by atoms with Crippen molar-refractivity contribution in [3.8, 4) is 0 Å². The zero-order valence-corrected chi connectivity index (χ0v) is 11.5. The summed E-state index contributed by atoms with van der Waals surface area (Å²) in [5.74, 6) is -1.03. The molecular formula is C13H15F3N2O3. The van der Waals surface area contributed by atoms with Crippen molar-refractivity contribution in [1.29, 1.82) is 0 Å². The van der Waals surface area contributed by atoms with Crippen LogP contribution in [0.2, 0.25) is 0 Å². The topological polar surface area (TPSA) is 62.7 Å². The molecule has 1 aromatic rings. The normalized spacial score (nSPS) is 22.1. The molecule has 0 unspecified atom stereocenters. The predicted molar refractivity (Wildman–Crippen MR) is 68.4 cm³/mol. The second-order valence-corrected chi connectivity index (χ2v) is 5.47. The third-order valence-electron chi connectivity index (χ3n) is 3.06. The second-order valence-electron chi connectivity index (χ2n) is 5.47. The minimum absolute atomic E-state index is 0.190. The number of halogens is 3. The first-order chi connectivity index (χ1) is 9.58. The smallest absolute Gasteiger partial charge is 0.416 e. The Balaban J connectivity index is 2.30. The zero-order chi connectivity index (χ0) is 15.8.